The fraction of sp³-hybridized carbons (Fsp3) is 0.136. The van der Waals surface area contributed by atoms with E-state index in [0.29, 0.717) is 30.0 Å². The third-order valence-corrected chi connectivity index (χ3v) is 6.66. The van der Waals surface area contributed by atoms with Gasteiger partial charge in [-0.15, -0.1) is 22.7 Å². The number of aromatic hydroxyl groups is 1. The minimum absolute atomic E-state index is 0.0519. The van der Waals surface area contributed by atoms with Crippen LogP contribution in [0.5, 0.6) is 5.75 Å². The molecule has 2 aromatic heterocycles. The molecule has 4 aromatic rings. The van der Waals surface area contributed by atoms with Crippen molar-refractivity contribution in [2.45, 2.75) is 6.42 Å². The third kappa shape index (κ3) is 4.67. The molecule has 0 aliphatic heterocycles. The molecular formula is C22H19N3O3S2. The van der Waals surface area contributed by atoms with Crippen molar-refractivity contribution in [3.05, 3.63) is 71.1 Å². The van der Waals surface area contributed by atoms with Crippen molar-refractivity contribution in [3.8, 4) is 15.6 Å². The zero-order valence-electron chi connectivity index (χ0n) is 15.9. The van der Waals surface area contributed by atoms with E-state index in [1.165, 1.54) is 23.5 Å². The summed E-state index contributed by atoms with van der Waals surface area (Å²) in [6, 6.07) is 17.9. The molecule has 0 fully saturated rings. The van der Waals surface area contributed by atoms with Gasteiger partial charge in [-0.25, -0.2) is 4.98 Å². The molecule has 0 aliphatic carbocycles. The van der Waals surface area contributed by atoms with Crippen LogP contribution in [-0.4, -0.2) is 35.0 Å². The summed E-state index contributed by atoms with van der Waals surface area (Å²) in [7, 11) is 0. The van der Waals surface area contributed by atoms with Crippen molar-refractivity contribution in [1.82, 2.24) is 15.6 Å². The highest BCUT2D eigenvalue weighted by molar-refractivity contribution is 7.26. The Bertz CT molecular complexity index is 1170. The standard InChI is InChI=1S/C22H19N3O3S2/c26-15-6-3-5-14(13-15)20(27)23-11-4-12-24-21(28)18-9-10-19(29-18)22-25-16-7-1-2-8-17(16)30-22/h1-3,5-10,13,26H,4,11-12H2,(H,23,27)(H,24,28). The van der Waals surface area contributed by atoms with Gasteiger partial charge in [-0.1, -0.05) is 18.2 Å². The van der Waals surface area contributed by atoms with Crippen LogP contribution in [0.2, 0.25) is 0 Å². The van der Waals surface area contributed by atoms with Crippen LogP contribution in [0.25, 0.3) is 20.1 Å². The molecule has 6 nitrogen and oxygen atoms in total. The smallest absolute Gasteiger partial charge is 0.261 e. The molecule has 0 atom stereocenters. The van der Waals surface area contributed by atoms with Crippen molar-refractivity contribution in [1.29, 1.82) is 0 Å². The maximum absolute atomic E-state index is 12.4. The van der Waals surface area contributed by atoms with E-state index in [1.807, 2.05) is 36.4 Å². The Morgan fingerprint density at radius 3 is 2.50 bits per heavy atom. The second-order valence-corrected chi connectivity index (χ2v) is 8.68. The Hall–Kier alpha value is -3.23. The monoisotopic (exact) mass is 437 g/mol. The number of thiophene rings is 1. The predicted octanol–water partition coefficient (Wildman–Crippen LogP) is 4.28. The number of nitrogens with zero attached hydrogens (tertiary/aromatic N) is 1. The van der Waals surface area contributed by atoms with Crippen LogP contribution in [-0.2, 0) is 0 Å². The Labute approximate surface area is 181 Å². The molecule has 2 amide bonds. The number of carbonyl (C=O) groups is 2. The number of fused-ring (bicyclic) bond motifs is 1. The largest absolute Gasteiger partial charge is 0.508 e. The predicted molar refractivity (Wildman–Crippen MR) is 120 cm³/mol. The number of phenols is 1. The number of nitrogens with one attached hydrogen (secondary N) is 2. The first-order chi connectivity index (χ1) is 14.6. The minimum Gasteiger partial charge on any atom is -0.508 e. The number of phenolic OH excluding ortho intramolecular Hbond substituents is 1. The summed E-state index contributed by atoms with van der Waals surface area (Å²) in [4.78, 5) is 30.6. The van der Waals surface area contributed by atoms with Gasteiger partial charge in [0.05, 0.1) is 20.0 Å². The molecule has 0 unspecified atom stereocenters. The molecule has 30 heavy (non-hydrogen) atoms. The number of para-hydroxylation sites is 1. The van der Waals surface area contributed by atoms with E-state index < -0.39 is 0 Å². The van der Waals surface area contributed by atoms with E-state index in [-0.39, 0.29) is 17.6 Å². The summed E-state index contributed by atoms with van der Waals surface area (Å²) >= 11 is 3.03. The van der Waals surface area contributed by atoms with Gasteiger partial charge < -0.3 is 15.7 Å². The SMILES string of the molecule is O=C(NCCCNC(=O)c1ccc(-c2nc3ccccc3s2)s1)c1cccc(O)c1. The Kier molecular flexibility index (Phi) is 6.06. The summed E-state index contributed by atoms with van der Waals surface area (Å²) in [6.45, 7) is 0.879. The average molecular weight is 438 g/mol. The summed E-state index contributed by atoms with van der Waals surface area (Å²) < 4.78 is 1.12. The van der Waals surface area contributed by atoms with Crippen molar-refractivity contribution < 1.29 is 14.7 Å². The summed E-state index contributed by atoms with van der Waals surface area (Å²) in [5, 5.41) is 16.0. The average Bonchev–Trinajstić information content (AvgIpc) is 3.40. The summed E-state index contributed by atoms with van der Waals surface area (Å²) in [5.74, 6) is -0.335. The number of hydrogen-bond acceptors (Lipinski definition) is 6. The second kappa shape index (κ2) is 9.06. The number of thiazole rings is 1. The molecule has 8 heteroatoms. The Balaban J connectivity index is 1.25. The topological polar surface area (TPSA) is 91.3 Å². The van der Waals surface area contributed by atoms with Gasteiger partial charge in [0.15, 0.2) is 0 Å². The van der Waals surface area contributed by atoms with Crippen LogP contribution in [0.4, 0.5) is 0 Å². The number of aromatic nitrogens is 1. The zero-order chi connectivity index (χ0) is 20.9. The Morgan fingerprint density at radius 2 is 1.70 bits per heavy atom. The number of benzene rings is 2. The lowest BCUT2D eigenvalue weighted by Crippen LogP contribution is -2.29. The molecule has 2 aromatic carbocycles. The fourth-order valence-electron chi connectivity index (χ4n) is 2.88. The first-order valence-electron chi connectivity index (χ1n) is 9.41. The highest BCUT2D eigenvalue weighted by atomic mass is 32.1. The van der Waals surface area contributed by atoms with E-state index in [2.05, 4.69) is 15.6 Å². The third-order valence-electron chi connectivity index (χ3n) is 4.37. The normalized spacial score (nSPS) is 10.8. The van der Waals surface area contributed by atoms with Gasteiger partial charge >= 0.3 is 0 Å². The molecule has 3 N–H and O–H groups in total. The lowest BCUT2D eigenvalue weighted by molar-refractivity contribution is 0.0952. The minimum atomic E-state index is -0.254. The molecule has 0 saturated carbocycles. The summed E-state index contributed by atoms with van der Waals surface area (Å²) in [5.41, 5.74) is 1.37. The van der Waals surface area contributed by atoms with Crippen LogP contribution >= 0.6 is 22.7 Å². The molecule has 2 heterocycles. The van der Waals surface area contributed by atoms with Gasteiger partial charge in [0.2, 0.25) is 0 Å². The highest BCUT2D eigenvalue weighted by Crippen LogP contribution is 2.34. The molecule has 4 rings (SSSR count). The van der Waals surface area contributed by atoms with E-state index in [9.17, 15) is 14.7 Å². The van der Waals surface area contributed by atoms with Gasteiger partial charge in [-0.05, 0) is 48.9 Å². The molecule has 152 valence electrons. The van der Waals surface area contributed by atoms with Crippen molar-refractivity contribution in [2.75, 3.05) is 13.1 Å². The number of rotatable bonds is 7. The second-order valence-electron chi connectivity index (χ2n) is 6.57. The van der Waals surface area contributed by atoms with Gasteiger partial charge in [0.1, 0.15) is 10.8 Å². The van der Waals surface area contributed by atoms with E-state index in [1.54, 1.807) is 23.5 Å². The number of hydrogen-bond donors (Lipinski definition) is 3. The first-order valence-corrected chi connectivity index (χ1v) is 11.0. The van der Waals surface area contributed by atoms with Gasteiger partial charge in [-0.3, -0.25) is 9.59 Å². The van der Waals surface area contributed by atoms with Crippen molar-refractivity contribution >= 4 is 44.7 Å². The lowest BCUT2D eigenvalue weighted by Gasteiger charge is -2.06. The molecule has 0 saturated heterocycles. The van der Waals surface area contributed by atoms with Crippen molar-refractivity contribution in [2.24, 2.45) is 0 Å². The number of amides is 2. The van der Waals surface area contributed by atoms with E-state index in [4.69, 9.17) is 0 Å². The van der Waals surface area contributed by atoms with Crippen LogP contribution in [0.1, 0.15) is 26.5 Å². The van der Waals surface area contributed by atoms with Gasteiger partial charge in [0.25, 0.3) is 11.8 Å². The number of carbonyl (C=O) groups excluding carboxylic acids is 2. The van der Waals surface area contributed by atoms with Crippen LogP contribution in [0, 0.1) is 0 Å². The van der Waals surface area contributed by atoms with Gasteiger partial charge in [-0.2, -0.15) is 0 Å². The van der Waals surface area contributed by atoms with E-state index >= 15 is 0 Å². The first kappa shape index (κ1) is 20.1. The van der Waals surface area contributed by atoms with Crippen LogP contribution in [0.15, 0.2) is 60.7 Å². The maximum Gasteiger partial charge on any atom is 0.261 e. The quantitative estimate of drug-likeness (QED) is 0.376. The molecule has 0 bridgehead atoms. The van der Waals surface area contributed by atoms with Gasteiger partial charge in [0, 0.05) is 18.7 Å². The molecular weight excluding hydrogens is 418 g/mol. The molecule has 0 radical (unpaired) electrons. The highest BCUT2D eigenvalue weighted by Gasteiger charge is 2.13. The van der Waals surface area contributed by atoms with Crippen LogP contribution in [0.3, 0.4) is 0 Å². The lowest BCUT2D eigenvalue weighted by atomic mass is 10.2. The Morgan fingerprint density at radius 1 is 0.900 bits per heavy atom. The van der Waals surface area contributed by atoms with Crippen molar-refractivity contribution in [3.63, 3.8) is 0 Å². The van der Waals surface area contributed by atoms with Crippen LogP contribution < -0.4 is 10.6 Å². The fourth-order valence-corrected chi connectivity index (χ4v) is 4.82. The molecule has 0 aliphatic rings. The maximum atomic E-state index is 12.4. The summed E-state index contributed by atoms with van der Waals surface area (Å²) in [6.07, 6.45) is 0.604. The molecule has 0 spiro atoms. The van der Waals surface area contributed by atoms with E-state index in [0.717, 1.165) is 20.1 Å². The zero-order valence-corrected chi connectivity index (χ0v) is 17.6.